The van der Waals surface area contributed by atoms with Crippen molar-refractivity contribution in [3.05, 3.63) is 46.9 Å². The number of hydrogen-bond donors (Lipinski definition) is 1. The van der Waals surface area contributed by atoms with Crippen LogP contribution in [0.5, 0.6) is 0 Å². The van der Waals surface area contributed by atoms with Crippen LogP contribution in [-0.2, 0) is 6.54 Å². The molecule has 0 aliphatic heterocycles. The molecule has 1 heterocycles. The van der Waals surface area contributed by atoms with Gasteiger partial charge in [0.25, 0.3) is 0 Å². The van der Waals surface area contributed by atoms with Gasteiger partial charge in [0.1, 0.15) is 11.6 Å². The van der Waals surface area contributed by atoms with Crippen LogP contribution in [0.2, 0.25) is 0 Å². The number of rotatable bonds is 3. The fourth-order valence-electron chi connectivity index (χ4n) is 1.63. The van der Waals surface area contributed by atoms with Crippen LogP contribution in [0.4, 0.5) is 10.1 Å². The van der Waals surface area contributed by atoms with E-state index in [1.807, 2.05) is 26.8 Å². The minimum atomic E-state index is -0.243. The first-order valence-corrected chi connectivity index (χ1v) is 5.48. The van der Waals surface area contributed by atoms with Crippen LogP contribution in [0.3, 0.4) is 0 Å². The Kier molecular flexibility index (Phi) is 3.13. The summed E-state index contributed by atoms with van der Waals surface area (Å²) in [4.78, 5) is 4.25. The molecule has 0 unspecified atom stereocenters. The van der Waals surface area contributed by atoms with Crippen molar-refractivity contribution in [2.45, 2.75) is 27.3 Å². The molecular formula is C13H15FN2O. The minimum Gasteiger partial charge on any atom is -0.444 e. The number of oxazole rings is 1. The van der Waals surface area contributed by atoms with Gasteiger partial charge < -0.3 is 9.73 Å². The summed E-state index contributed by atoms with van der Waals surface area (Å²) in [5.74, 6) is 1.19. The maximum Gasteiger partial charge on any atom is 0.213 e. The number of nitrogens with zero attached hydrogens (tertiary/aromatic N) is 1. The average Bonchev–Trinajstić information content (AvgIpc) is 2.54. The molecule has 0 fully saturated rings. The lowest BCUT2D eigenvalue weighted by molar-refractivity contribution is 0.478. The molecule has 90 valence electrons. The molecule has 1 aromatic carbocycles. The van der Waals surface area contributed by atoms with Crippen LogP contribution in [0.1, 0.15) is 22.9 Å². The van der Waals surface area contributed by atoms with Gasteiger partial charge in [-0.25, -0.2) is 9.37 Å². The van der Waals surface area contributed by atoms with Gasteiger partial charge in [-0.1, -0.05) is 0 Å². The van der Waals surface area contributed by atoms with E-state index in [0.717, 1.165) is 22.7 Å². The lowest BCUT2D eigenvalue weighted by Crippen LogP contribution is -2.00. The summed E-state index contributed by atoms with van der Waals surface area (Å²) in [6.45, 7) is 6.08. The largest absolute Gasteiger partial charge is 0.444 e. The molecule has 4 heteroatoms. The predicted octanol–water partition coefficient (Wildman–Crippen LogP) is 3.35. The molecule has 17 heavy (non-hydrogen) atoms. The van der Waals surface area contributed by atoms with Crippen molar-refractivity contribution in [3.8, 4) is 0 Å². The average molecular weight is 234 g/mol. The van der Waals surface area contributed by atoms with E-state index >= 15 is 0 Å². The summed E-state index contributed by atoms with van der Waals surface area (Å²) in [5.41, 5.74) is 2.50. The SMILES string of the molecule is Cc1cc(F)cc(NCc2nc(C)c(C)o2)c1. The standard InChI is InChI=1S/C13H15FN2O/c1-8-4-11(14)6-12(5-8)15-7-13-16-9(2)10(3)17-13/h4-6,15H,7H2,1-3H3. The second-order valence-corrected chi connectivity index (χ2v) is 4.12. The molecule has 0 amide bonds. The van der Waals surface area contributed by atoms with Crippen LogP contribution in [0, 0.1) is 26.6 Å². The molecule has 0 atom stereocenters. The number of aryl methyl sites for hydroxylation is 3. The first kappa shape index (κ1) is 11.6. The number of hydrogen-bond acceptors (Lipinski definition) is 3. The van der Waals surface area contributed by atoms with Gasteiger partial charge in [-0.05, 0) is 44.5 Å². The fraction of sp³-hybridized carbons (Fsp3) is 0.308. The first-order valence-electron chi connectivity index (χ1n) is 5.48. The Morgan fingerprint density at radius 2 is 2.00 bits per heavy atom. The zero-order valence-electron chi connectivity index (χ0n) is 10.2. The number of benzene rings is 1. The van der Waals surface area contributed by atoms with Gasteiger partial charge in [-0.3, -0.25) is 0 Å². The molecule has 2 aromatic rings. The van der Waals surface area contributed by atoms with Gasteiger partial charge in [0.2, 0.25) is 5.89 Å². The normalized spacial score (nSPS) is 10.6. The lowest BCUT2D eigenvalue weighted by Gasteiger charge is -2.05. The second kappa shape index (κ2) is 4.57. The molecule has 1 N–H and O–H groups in total. The maximum atomic E-state index is 13.1. The van der Waals surface area contributed by atoms with Gasteiger partial charge in [0.15, 0.2) is 0 Å². The molecule has 0 aliphatic carbocycles. The highest BCUT2D eigenvalue weighted by Crippen LogP contribution is 2.15. The van der Waals surface area contributed by atoms with Crippen molar-refractivity contribution in [1.82, 2.24) is 4.98 Å². The van der Waals surface area contributed by atoms with Gasteiger partial charge in [-0.2, -0.15) is 0 Å². The molecule has 1 aromatic heterocycles. The zero-order valence-corrected chi connectivity index (χ0v) is 10.2. The molecule has 2 rings (SSSR count). The Labute approximate surface area is 99.7 Å². The summed E-state index contributed by atoms with van der Waals surface area (Å²) < 4.78 is 18.6. The first-order chi connectivity index (χ1) is 8.04. The van der Waals surface area contributed by atoms with E-state index < -0.39 is 0 Å². The van der Waals surface area contributed by atoms with Crippen LogP contribution in [0.25, 0.3) is 0 Å². The van der Waals surface area contributed by atoms with Crippen LogP contribution in [0.15, 0.2) is 22.6 Å². The van der Waals surface area contributed by atoms with Gasteiger partial charge in [-0.15, -0.1) is 0 Å². The van der Waals surface area contributed by atoms with E-state index in [-0.39, 0.29) is 5.82 Å². The molecule has 0 saturated heterocycles. The van der Waals surface area contributed by atoms with E-state index in [4.69, 9.17) is 4.42 Å². The topological polar surface area (TPSA) is 38.1 Å². The third-order valence-electron chi connectivity index (χ3n) is 2.56. The van der Waals surface area contributed by atoms with Crippen molar-refractivity contribution >= 4 is 5.69 Å². The number of halogens is 1. The van der Waals surface area contributed by atoms with E-state index in [1.54, 1.807) is 0 Å². The van der Waals surface area contributed by atoms with Crippen molar-refractivity contribution in [3.63, 3.8) is 0 Å². The summed E-state index contributed by atoms with van der Waals surface area (Å²) in [7, 11) is 0. The third kappa shape index (κ3) is 2.84. The Hall–Kier alpha value is -1.84. The Bertz CT molecular complexity index is 494. The predicted molar refractivity (Wildman–Crippen MR) is 64.4 cm³/mol. The maximum absolute atomic E-state index is 13.1. The quantitative estimate of drug-likeness (QED) is 0.885. The zero-order chi connectivity index (χ0) is 12.4. The third-order valence-corrected chi connectivity index (χ3v) is 2.56. The molecule has 0 bridgehead atoms. The molecule has 0 radical (unpaired) electrons. The smallest absolute Gasteiger partial charge is 0.213 e. The molecule has 0 aliphatic rings. The van der Waals surface area contributed by atoms with Gasteiger partial charge >= 0.3 is 0 Å². The highest BCUT2D eigenvalue weighted by atomic mass is 19.1. The van der Waals surface area contributed by atoms with Crippen LogP contribution in [-0.4, -0.2) is 4.98 Å². The Morgan fingerprint density at radius 3 is 2.59 bits per heavy atom. The van der Waals surface area contributed by atoms with E-state index in [0.29, 0.717) is 12.4 Å². The van der Waals surface area contributed by atoms with E-state index in [9.17, 15) is 4.39 Å². The van der Waals surface area contributed by atoms with Crippen molar-refractivity contribution < 1.29 is 8.81 Å². The van der Waals surface area contributed by atoms with Crippen LogP contribution < -0.4 is 5.32 Å². The van der Waals surface area contributed by atoms with E-state index in [1.165, 1.54) is 12.1 Å². The van der Waals surface area contributed by atoms with E-state index in [2.05, 4.69) is 10.3 Å². The highest BCUT2D eigenvalue weighted by molar-refractivity contribution is 5.45. The fourth-order valence-corrected chi connectivity index (χ4v) is 1.63. The van der Waals surface area contributed by atoms with Crippen LogP contribution >= 0.6 is 0 Å². The number of aromatic nitrogens is 1. The molecule has 3 nitrogen and oxygen atoms in total. The second-order valence-electron chi connectivity index (χ2n) is 4.12. The molecule has 0 saturated carbocycles. The monoisotopic (exact) mass is 234 g/mol. The minimum absolute atomic E-state index is 0.243. The molecular weight excluding hydrogens is 219 g/mol. The lowest BCUT2D eigenvalue weighted by atomic mass is 10.2. The van der Waals surface area contributed by atoms with Crippen molar-refractivity contribution in [2.75, 3.05) is 5.32 Å². The summed E-state index contributed by atoms with van der Waals surface area (Å²) in [6, 6.07) is 4.83. The summed E-state index contributed by atoms with van der Waals surface area (Å²) >= 11 is 0. The number of anilines is 1. The number of nitrogens with one attached hydrogen (secondary N) is 1. The highest BCUT2D eigenvalue weighted by Gasteiger charge is 2.05. The summed E-state index contributed by atoms with van der Waals surface area (Å²) in [6.07, 6.45) is 0. The Balaban J connectivity index is 2.07. The summed E-state index contributed by atoms with van der Waals surface area (Å²) in [5, 5.41) is 3.09. The van der Waals surface area contributed by atoms with Crippen molar-refractivity contribution in [2.24, 2.45) is 0 Å². The van der Waals surface area contributed by atoms with Crippen molar-refractivity contribution in [1.29, 1.82) is 0 Å². The van der Waals surface area contributed by atoms with Gasteiger partial charge in [0.05, 0.1) is 12.2 Å². The van der Waals surface area contributed by atoms with Gasteiger partial charge in [0, 0.05) is 5.69 Å². The Morgan fingerprint density at radius 1 is 1.24 bits per heavy atom. The molecule has 0 spiro atoms.